The van der Waals surface area contributed by atoms with E-state index < -0.39 is 0 Å². The smallest absolute Gasteiger partial charge is 0.146 e. The Hall–Kier alpha value is -0.810. The van der Waals surface area contributed by atoms with Crippen molar-refractivity contribution >= 4 is 5.78 Å². The molecule has 1 aliphatic rings. The van der Waals surface area contributed by atoms with Crippen molar-refractivity contribution in [3.63, 3.8) is 0 Å². The Kier molecular flexibility index (Phi) is 37.2. The monoisotopic (exact) mass is 299 g/mol. The van der Waals surface area contributed by atoms with Gasteiger partial charge in [-0.25, -0.2) is 0 Å². The molecular formula is C19H41NO. The lowest BCUT2D eigenvalue weighted by Gasteiger charge is -2.14. The maximum atomic E-state index is 10.8. The van der Waals surface area contributed by atoms with Gasteiger partial charge in [0, 0.05) is 0 Å². The van der Waals surface area contributed by atoms with E-state index in [-0.39, 0.29) is 6.04 Å². The zero-order valence-electron chi connectivity index (χ0n) is 16.0. The molecule has 1 atom stereocenters. The molecule has 0 aliphatic carbocycles. The normalized spacial score (nSPS) is 15.6. The van der Waals surface area contributed by atoms with E-state index in [4.69, 9.17) is 0 Å². The highest BCUT2D eigenvalue weighted by Crippen LogP contribution is 2.14. The van der Waals surface area contributed by atoms with Gasteiger partial charge >= 0.3 is 0 Å². The molecular weight excluding hydrogens is 258 g/mol. The Bertz CT molecular complexity index is 195. The van der Waals surface area contributed by atoms with E-state index >= 15 is 0 Å². The summed E-state index contributed by atoms with van der Waals surface area (Å²) in [6.07, 6.45) is 15.8. The van der Waals surface area contributed by atoms with E-state index in [1.807, 2.05) is 34.7 Å². The van der Waals surface area contributed by atoms with Gasteiger partial charge in [-0.1, -0.05) is 67.2 Å². The van der Waals surface area contributed by atoms with Gasteiger partial charge in [0.1, 0.15) is 5.78 Å². The summed E-state index contributed by atoms with van der Waals surface area (Å²) in [5.41, 5.74) is 0. The third-order valence-corrected chi connectivity index (χ3v) is 2.95. The fourth-order valence-corrected chi connectivity index (χ4v) is 1.92. The first-order valence-electron chi connectivity index (χ1n) is 8.67. The third-order valence-electron chi connectivity index (χ3n) is 2.95. The van der Waals surface area contributed by atoms with Crippen LogP contribution in [0.2, 0.25) is 0 Å². The molecule has 1 fully saturated rings. The first kappa shape index (κ1) is 28.4. The summed E-state index contributed by atoms with van der Waals surface area (Å²) in [7, 11) is 2.01. The minimum Gasteiger partial charge on any atom is -0.298 e. The first-order valence-corrected chi connectivity index (χ1v) is 8.67. The molecule has 1 saturated heterocycles. The summed E-state index contributed by atoms with van der Waals surface area (Å²) in [6, 6.07) is 0.227. The maximum absolute atomic E-state index is 10.8. The molecule has 1 aliphatic heterocycles. The van der Waals surface area contributed by atoms with Crippen molar-refractivity contribution in [3.8, 4) is 12.8 Å². The standard InChI is InChI=1S/C7H13NO.C6H14.2C2H6.C2H2/c1-6(9)7-4-3-5-8(7)2;1-3-5-6-4-2;3*1-2/h7H,3-5H2,1-2H3;3-6H2,1-2H3;2*1-2H3;1-2H/t7-;;;;/m0..../s1. The highest BCUT2D eigenvalue weighted by Gasteiger charge is 2.23. The average molecular weight is 300 g/mol. The Balaban J connectivity index is -0.000000106. The molecule has 0 aromatic rings. The summed E-state index contributed by atoms with van der Waals surface area (Å²) in [5, 5.41) is 0. The van der Waals surface area contributed by atoms with Gasteiger partial charge < -0.3 is 0 Å². The largest absolute Gasteiger partial charge is 0.298 e. The van der Waals surface area contributed by atoms with Crippen molar-refractivity contribution in [2.24, 2.45) is 0 Å². The second-order valence-corrected chi connectivity index (χ2v) is 4.46. The lowest BCUT2D eigenvalue weighted by atomic mass is 10.1. The van der Waals surface area contributed by atoms with Crippen LogP contribution in [0.4, 0.5) is 0 Å². The van der Waals surface area contributed by atoms with Crippen molar-refractivity contribution < 1.29 is 4.79 Å². The van der Waals surface area contributed by atoms with E-state index in [1.165, 1.54) is 32.1 Å². The van der Waals surface area contributed by atoms with Crippen LogP contribution in [0.3, 0.4) is 0 Å². The molecule has 0 amide bonds. The van der Waals surface area contributed by atoms with Crippen LogP contribution in [0.25, 0.3) is 0 Å². The van der Waals surface area contributed by atoms with Gasteiger partial charge in [-0.2, -0.15) is 0 Å². The van der Waals surface area contributed by atoms with Crippen LogP contribution in [0, 0.1) is 12.8 Å². The van der Waals surface area contributed by atoms with Crippen molar-refractivity contribution in [2.75, 3.05) is 13.6 Å². The van der Waals surface area contributed by atoms with Crippen molar-refractivity contribution in [1.82, 2.24) is 4.90 Å². The Morgan fingerprint density at radius 1 is 1.05 bits per heavy atom. The molecule has 0 bridgehead atoms. The van der Waals surface area contributed by atoms with E-state index in [2.05, 4.69) is 31.6 Å². The van der Waals surface area contributed by atoms with Crippen LogP contribution in [-0.2, 0) is 4.79 Å². The molecule has 1 rings (SSSR count). The van der Waals surface area contributed by atoms with Crippen molar-refractivity contribution in [2.45, 2.75) is 93.0 Å². The minimum atomic E-state index is 0.227. The molecule has 0 radical (unpaired) electrons. The number of carbonyl (C=O) groups is 1. The van der Waals surface area contributed by atoms with Crippen LogP contribution in [-0.4, -0.2) is 30.3 Å². The molecule has 128 valence electrons. The van der Waals surface area contributed by atoms with Crippen LogP contribution in [0.15, 0.2) is 0 Å². The fraction of sp³-hybridized carbons (Fsp3) is 0.842. The fourth-order valence-electron chi connectivity index (χ4n) is 1.92. The van der Waals surface area contributed by atoms with Gasteiger partial charge in [0.25, 0.3) is 0 Å². The van der Waals surface area contributed by atoms with E-state index in [0.29, 0.717) is 5.78 Å². The summed E-state index contributed by atoms with van der Waals surface area (Å²) >= 11 is 0. The molecule has 0 aromatic heterocycles. The van der Waals surface area contributed by atoms with E-state index in [0.717, 1.165) is 13.0 Å². The lowest BCUT2D eigenvalue weighted by molar-refractivity contribution is -0.120. The molecule has 0 aromatic carbocycles. The van der Waals surface area contributed by atoms with Gasteiger partial charge in [-0.3, -0.25) is 9.69 Å². The number of nitrogens with zero attached hydrogens (tertiary/aromatic N) is 1. The SMILES string of the molecule is C#C.CC.CC.CC(=O)[C@@H]1CCCN1C.CCCCCC. The molecule has 1 heterocycles. The molecule has 2 heteroatoms. The first-order chi connectivity index (χ1) is 10.1. The predicted octanol–water partition coefficient (Wildman–Crippen LogP) is 5.56. The number of unbranched alkanes of at least 4 members (excludes halogenated alkanes) is 3. The number of likely N-dealkylation sites (tertiary alicyclic amines) is 1. The molecule has 2 nitrogen and oxygen atoms in total. The molecule has 0 N–H and O–H groups in total. The van der Waals surface area contributed by atoms with Gasteiger partial charge in [0.05, 0.1) is 6.04 Å². The van der Waals surface area contributed by atoms with Gasteiger partial charge in [0.15, 0.2) is 0 Å². The summed E-state index contributed by atoms with van der Waals surface area (Å²) in [5.74, 6) is 0.315. The summed E-state index contributed by atoms with van der Waals surface area (Å²) < 4.78 is 0. The van der Waals surface area contributed by atoms with Gasteiger partial charge in [-0.15, -0.1) is 12.8 Å². The number of terminal acetylenes is 1. The number of hydrogen-bond donors (Lipinski definition) is 0. The lowest BCUT2D eigenvalue weighted by Crippen LogP contribution is -2.30. The van der Waals surface area contributed by atoms with Gasteiger partial charge in [0.2, 0.25) is 0 Å². The number of ketones is 1. The van der Waals surface area contributed by atoms with E-state index in [9.17, 15) is 4.79 Å². The quantitative estimate of drug-likeness (QED) is 0.500. The number of carbonyl (C=O) groups excluding carboxylic acids is 1. The average Bonchev–Trinajstić information content (AvgIpc) is 2.98. The highest BCUT2D eigenvalue weighted by atomic mass is 16.1. The second kappa shape index (κ2) is 27.5. The van der Waals surface area contributed by atoms with Gasteiger partial charge in [-0.05, 0) is 33.4 Å². The third kappa shape index (κ3) is 21.6. The van der Waals surface area contributed by atoms with Crippen LogP contribution < -0.4 is 0 Å². The summed E-state index contributed by atoms with van der Waals surface area (Å²) in [4.78, 5) is 12.9. The minimum absolute atomic E-state index is 0.227. The van der Waals surface area contributed by atoms with Crippen molar-refractivity contribution in [3.05, 3.63) is 0 Å². The second-order valence-electron chi connectivity index (χ2n) is 4.46. The Morgan fingerprint density at radius 3 is 1.57 bits per heavy atom. The topological polar surface area (TPSA) is 20.3 Å². The van der Waals surface area contributed by atoms with Crippen molar-refractivity contribution in [1.29, 1.82) is 0 Å². The van der Waals surface area contributed by atoms with Crippen LogP contribution >= 0.6 is 0 Å². The molecule has 0 saturated carbocycles. The van der Waals surface area contributed by atoms with Crippen LogP contribution in [0.1, 0.15) is 87.0 Å². The zero-order valence-corrected chi connectivity index (χ0v) is 16.0. The Morgan fingerprint density at radius 2 is 1.43 bits per heavy atom. The Labute approximate surface area is 135 Å². The predicted molar refractivity (Wildman–Crippen MR) is 98.7 cm³/mol. The number of likely N-dealkylation sites (N-methyl/N-ethyl adjacent to an activating group) is 1. The molecule has 0 spiro atoms. The number of Topliss-reactive ketones (excluding diaryl/α,β-unsaturated/α-hetero) is 1. The number of rotatable bonds is 4. The highest BCUT2D eigenvalue weighted by molar-refractivity contribution is 5.81. The zero-order chi connectivity index (χ0) is 17.7. The van der Waals surface area contributed by atoms with E-state index in [1.54, 1.807) is 6.92 Å². The maximum Gasteiger partial charge on any atom is 0.146 e. The molecule has 0 unspecified atom stereocenters. The summed E-state index contributed by atoms with van der Waals surface area (Å²) in [6.45, 7) is 15.2. The number of hydrogen-bond acceptors (Lipinski definition) is 2. The van der Waals surface area contributed by atoms with Crippen LogP contribution in [0.5, 0.6) is 0 Å². The molecule has 21 heavy (non-hydrogen) atoms.